The van der Waals surface area contributed by atoms with Gasteiger partial charge in [0.1, 0.15) is 0 Å². The van der Waals surface area contributed by atoms with E-state index in [1.165, 1.54) is 35.2 Å². The third-order valence-corrected chi connectivity index (χ3v) is 5.51. The molecule has 0 aromatic heterocycles. The van der Waals surface area contributed by atoms with E-state index < -0.39 is 34.4 Å². The van der Waals surface area contributed by atoms with Crippen molar-refractivity contribution >= 4 is 29.4 Å². The first-order valence-corrected chi connectivity index (χ1v) is 10.8. The number of rotatable bonds is 11. The standard InChI is InChI=1S/C25H24N2O7/c28-20(15-10-17-7-3-1-4-8-17)22-23(18-11-13-19(14-12-18)27(33)34)26(25(32)24(22)31)16-6-2-5-9-21(29)30/h1,3-4,7-8,10-15,23,31H,2,5-6,9,16H2,(H,29,30). The molecule has 0 fully saturated rings. The number of aliphatic carboxylic acids is 1. The van der Waals surface area contributed by atoms with Crippen molar-refractivity contribution in [2.75, 3.05) is 6.54 Å². The second-order valence-electron chi connectivity index (χ2n) is 7.82. The van der Waals surface area contributed by atoms with Crippen LogP contribution < -0.4 is 0 Å². The molecule has 0 bridgehead atoms. The zero-order valence-corrected chi connectivity index (χ0v) is 18.3. The molecule has 0 radical (unpaired) electrons. The van der Waals surface area contributed by atoms with Gasteiger partial charge in [0.25, 0.3) is 11.6 Å². The predicted octanol–water partition coefficient (Wildman–Crippen LogP) is 4.22. The number of nitrogens with zero attached hydrogens (tertiary/aromatic N) is 2. The number of unbranched alkanes of at least 4 members (excludes halogenated alkanes) is 2. The highest BCUT2D eigenvalue weighted by atomic mass is 16.6. The van der Waals surface area contributed by atoms with Crippen molar-refractivity contribution < 1.29 is 29.5 Å². The van der Waals surface area contributed by atoms with Crippen LogP contribution in [0.1, 0.15) is 42.9 Å². The first-order chi connectivity index (χ1) is 16.3. The number of aliphatic hydroxyl groups excluding tert-OH is 1. The minimum absolute atomic E-state index is 0.0112. The van der Waals surface area contributed by atoms with Crippen LogP contribution in [0.2, 0.25) is 0 Å². The number of carboxylic acids is 1. The van der Waals surface area contributed by atoms with Gasteiger partial charge in [0.05, 0.1) is 16.5 Å². The molecule has 9 nitrogen and oxygen atoms in total. The zero-order valence-electron chi connectivity index (χ0n) is 18.3. The quantitative estimate of drug-likeness (QED) is 0.220. The molecule has 0 saturated heterocycles. The van der Waals surface area contributed by atoms with E-state index in [4.69, 9.17) is 5.11 Å². The molecule has 34 heavy (non-hydrogen) atoms. The van der Waals surface area contributed by atoms with Crippen molar-refractivity contribution in [1.82, 2.24) is 4.90 Å². The van der Waals surface area contributed by atoms with Crippen LogP contribution in [0.4, 0.5) is 5.69 Å². The second kappa shape index (κ2) is 11.0. The highest BCUT2D eigenvalue weighted by molar-refractivity contribution is 6.14. The van der Waals surface area contributed by atoms with Crippen molar-refractivity contribution in [2.45, 2.75) is 31.7 Å². The van der Waals surface area contributed by atoms with Crippen LogP contribution in [0.3, 0.4) is 0 Å². The summed E-state index contributed by atoms with van der Waals surface area (Å²) in [6.45, 7) is 0.184. The monoisotopic (exact) mass is 464 g/mol. The number of carboxylic acid groups (broad SMARTS) is 1. The van der Waals surface area contributed by atoms with Crippen molar-refractivity contribution in [1.29, 1.82) is 0 Å². The minimum atomic E-state index is -0.916. The van der Waals surface area contributed by atoms with Gasteiger partial charge in [-0.05, 0) is 42.2 Å². The molecule has 0 spiro atoms. The first-order valence-electron chi connectivity index (χ1n) is 10.8. The smallest absolute Gasteiger partial charge is 0.303 e. The summed E-state index contributed by atoms with van der Waals surface area (Å²) in [6.07, 6.45) is 4.32. The second-order valence-corrected chi connectivity index (χ2v) is 7.82. The van der Waals surface area contributed by atoms with Crippen LogP contribution in [-0.2, 0) is 14.4 Å². The van der Waals surface area contributed by atoms with Gasteiger partial charge in [0.15, 0.2) is 11.5 Å². The Morgan fingerprint density at radius 2 is 1.71 bits per heavy atom. The Kier molecular flexibility index (Phi) is 7.92. The van der Waals surface area contributed by atoms with Gasteiger partial charge in [-0.25, -0.2) is 0 Å². The molecule has 1 amide bonds. The van der Waals surface area contributed by atoms with Gasteiger partial charge >= 0.3 is 5.97 Å². The van der Waals surface area contributed by atoms with Gasteiger partial charge in [0, 0.05) is 25.1 Å². The van der Waals surface area contributed by atoms with Gasteiger partial charge in [0.2, 0.25) is 0 Å². The number of hydrogen-bond donors (Lipinski definition) is 2. The van der Waals surface area contributed by atoms with E-state index in [0.29, 0.717) is 24.8 Å². The number of ketones is 1. The van der Waals surface area contributed by atoms with Gasteiger partial charge < -0.3 is 15.1 Å². The van der Waals surface area contributed by atoms with Gasteiger partial charge in [-0.15, -0.1) is 0 Å². The maximum absolute atomic E-state index is 13.1. The third kappa shape index (κ3) is 5.74. The lowest BCUT2D eigenvalue weighted by Crippen LogP contribution is -2.32. The van der Waals surface area contributed by atoms with Crippen LogP contribution in [0.25, 0.3) is 6.08 Å². The van der Waals surface area contributed by atoms with Crippen LogP contribution in [-0.4, -0.2) is 44.2 Å². The van der Waals surface area contributed by atoms with Gasteiger partial charge in [-0.2, -0.15) is 0 Å². The largest absolute Gasteiger partial charge is 0.503 e. The fourth-order valence-corrected chi connectivity index (χ4v) is 3.82. The molecular weight excluding hydrogens is 440 g/mol. The molecule has 176 valence electrons. The lowest BCUT2D eigenvalue weighted by atomic mass is 9.95. The fraction of sp³-hybridized carbons (Fsp3) is 0.240. The van der Waals surface area contributed by atoms with Gasteiger partial charge in [-0.1, -0.05) is 42.8 Å². The molecule has 1 aliphatic heterocycles. The molecule has 2 N–H and O–H groups in total. The number of carbonyl (C=O) groups is 3. The van der Waals surface area contributed by atoms with E-state index in [1.807, 2.05) is 18.2 Å². The Morgan fingerprint density at radius 3 is 2.32 bits per heavy atom. The summed E-state index contributed by atoms with van der Waals surface area (Å²) in [4.78, 5) is 48.5. The molecular formula is C25H24N2O7. The summed E-state index contributed by atoms with van der Waals surface area (Å²) in [5, 5.41) is 30.4. The van der Waals surface area contributed by atoms with Crippen molar-refractivity contribution in [3.05, 3.63) is 93.2 Å². The van der Waals surface area contributed by atoms with Gasteiger partial charge in [-0.3, -0.25) is 24.5 Å². The maximum Gasteiger partial charge on any atom is 0.303 e. The van der Waals surface area contributed by atoms with E-state index >= 15 is 0 Å². The number of carbonyl (C=O) groups excluding carboxylic acids is 2. The summed E-state index contributed by atoms with van der Waals surface area (Å²) in [7, 11) is 0. The number of amides is 1. The molecule has 1 unspecified atom stereocenters. The van der Waals surface area contributed by atoms with E-state index in [2.05, 4.69) is 0 Å². The molecule has 1 atom stereocenters. The van der Waals surface area contributed by atoms with Crippen molar-refractivity contribution in [3.8, 4) is 0 Å². The van der Waals surface area contributed by atoms with Crippen LogP contribution >= 0.6 is 0 Å². The number of hydrogen-bond acceptors (Lipinski definition) is 6. The summed E-state index contributed by atoms with van der Waals surface area (Å²) in [5.41, 5.74) is 0.974. The highest BCUT2D eigenvalue weighted by Crippen LogP contribution is 2.38. The summed E-state index contributed by atoms with van der Waals surface area (Å²) in [6, 6.07) is 13.6. The van der Waals surface area contributed by atoms with Crippen LogP contribution in [0.15, 0.2) is 72.0 Å². The number of non-ortho nitro benzene ring substituents is 1. The molecule has 2 aromatic rings. The normalized spacial score (nSPS) is 15.8. The van der Waals surface area contributed by atoms with Crippen molar-refractivity contribution in [3.63, 3.8) is 0 Å². The number of nitro benzene ring substituents is 1. The molecule has 3 rings (SSSR count). The van der Waals surface area contributed by atoms with E-state index in [9.17, 15) is 29.6 Å². The molecule has 1 heterocycles. The molecule has 0 aliphatic carbocycles. The topological polar surface area (TPSA) is 138 Å². The molecule has 1 aliphatic rings. The van der Waals surface area contributed by atoms with E-state index in [1.54, 1.807) is 18.2 Å². The fourth-order valence-electron chi connectivity index (χ4n) is 3.82. The third-order valence-electron chi connectivity index (χ3n) is 5.51. The van der Waals surface area contributed by atoms with Crippen LogP contribution in [0, 0.1) is 10.1 Å². The lowest BCUT2D eigenvalue weighted by molar-refractivity contribution is -0.384. The lowest BCUT2D eigenvalue weighted by Gasteiger charge is -2.26. The zero-order chi connectivity index (χ0) is 24.7. The Morgan fingerprint density at radius 1 is 1.03 bits per heavy atom. The summed E-state index contributed by atoms with van der Waals surface area (Å²) < 4.78 is 0. The van der Waals surface area contributed by atoms with E-state index in [0.717, 1.165) is 5.56 Å². The average Bonchev–Trinajstić information content (AvgIpc) is 3.08. The average molecular weight is 464 g/mol. The highest BCUT2D eigenvalue weighted by Gasteiger charge is 2.42. The Hall–Kier alpha value is -4.27. The Labute approximate surface area is 195 Å². The molecule has 9 heteroatoms. The first kappa shape index (κ1) is 24.4. The minimum Gasteiger partial charge on any atom is -0.503 e. The maximum atomic E-state index is 13.1. The summed E-state index contributed by atoms with van der Waals surface area (Å²) >= 11 is 0. The predicted molar refractivity (Wildman–Crippen MR) is 124 cm³/mol. The number of benzene rings is 2. The Balaban J connectivity index is 1.88. The molecule has 0 saturated carbocycles. The van der Waals surface area contributed by atoms with Crippen molar-refractivity contribution in [2.24, 2.45) is 0 Å². The number of nitro groups is 1. The Bertz CT molecular complexity index is 1140. The summed E-state index contributed by atoms with van der Waals surface area (Å²) in [5.74, 6) is -2.82. The molecule has 2 aromatic carbocycles. The SMILES string of the molecule is O=C(O)CCCCCN1C(=O)C(O)=C(C(=O)C=Cc2ccccc2)C1c1ccc([N+](=O)[O-])cc1. The van der Waals surface area contributed by atoms with Crippen LogP contribution in [0.5, 0.6) is 0 Å². The van der Waals surface area contributed by atoms with E-state index in [-0.39, 0.29) is 24.2 Å². The number of aliphatic hydroxyl groups is 1. The number of allylic oxidation sites excluding steroid dienone is 1.